The largest absolute Gasteiger partial charge is 0.493 e. The van der Waals surface area contributed by atoms with E-state index in [9.17, 15) is 4.79 Å². The molecule has 2 aliphatic rings. The molecule has 0 N–H and O–H groups in total. The van der Waals surface area contributed by atoms with Gasteiger partial charge in [-0.25, -0.2) is 0 Å². The second-order valence-electron chi connectivity index (χ2n) is 10.7. The average molecular weight is 466 g/mol. The molecule has 0 aliphatic carbocycles. The van der Waals surface area contributed by atoms with E-state index >= 15 is 0 Å². The van der Waals surface area contributed by atoms with Crippen LogP contribution in [-0.2, 0) is 21.4 Å². The molecule has 2 heterocycles. The van der Waals surface area contributed by atoms with Crippen LogP contribution in [0, 0.1) is 0 Å². The van der Waals surface area contributed by atoms with Gasteiger partial charge in [-0.1, -0.05) is 36.4 Å². The number of hydrogen-bond donors (Lipinski definition) is 0. The van der Waals surface area contributed by atoms with Gasteiger partial charge < -0.3 is 19.1 Å². The molecule has 1 spiro atoms. The Kier molecular flexibility index (Phi) is 7.82. The molecule has 0 bridgehead atoms. The van der Waals surface area contributed by atoms with Crippen LogP contribution in [0.5, 0.6) is 11.5 Å². The maximum absolute atomic E-state index is 12.0. The summed E-state index contributed by atoms with van der Waals surface area (Å²) in [5.41, 5.74) is 2.37. The minimum absolute atomic E-state index is 0.0893. The minimum Gasteiger partial charge on any atom is -0.493 e. The second kappa shape index (κ2) is 10.8. The van der Waals surface area contributed by atoms with Crippen LogP contribution in [0.4, 0.5) is 0 Å². The van der Waals surface area contributed by atoms with Crippen LogP contribution in [0.2, 0.25) is 0 Å². The number of aryl methyl sites for hydroxylation is 1. The fraction of sp³-hybridized carbons (Fsp3) is 0.552. The summed E-state index contributed by atoms with van der Waals surface area (Å²) in [6, 6.07) is 17.0. The average Bonchev–Trinajstić information content (AvgIpc) is 3.15. The highest BCUT2D eigenvalue weighted by Crippen LogP contribution is 2.46. The van der Waals surface area contributed by atoms with E-state index in [2.05, 4.69) is 53.4 Å². The lowest BCUT2D eigenvalue weighted by Crippen LogP contribution is -2.44. The Morgan fingerprint density at radius 1 is 1.06 bits per heavy atom. The summed E-state index contributed by atoms with van der Waals surface area (Å²) in [5, 5.41) is 0. The Bertz CT molecular complexity index is 942. The minimum atomic E-state index is -0.418. The van der Waals surface area contributed by atoms with Crippen molar-refractivity contribution in [3.8, 4) is 11.5 Å². The fourth-order valence-corrected chi connectivity index (χ4v) is 4.97. The van der Waals surface area contributed by atoms with Gasteiger partial charge in [0.25, 0.3) is 0 Å². The molecule has 0 radical (unpaired) electrons. The third kappa shape index (κ3) is 6.53. The molecule has 4 rings (SSSR count). The molecule has 5 nitrogen and oxygen atoms in total. The van der Waals surface area contributed by atoms with Gasteiger partial charge in [0.1, 0.15) is 17.1 Å². The number of fused-ring (bicyclic) bond motifs is 2. The van der Waals surface area contributed by atoms with Crippen molar-refractivity contribution >= 4 is 5.97 Å². The van der Waals surface area contributed by atoms with Crippen LogP contribution in [0.1, 0.15) is 64.0 Å². The van der Waals surface area contributed by atoms with Crippen LogP contribution in [0.15, 0.2) is 48.5 Å². The number of piperidine rings is 1. The molecule has 1 saturated heterocycles. The van der Waals surface area contributed by atoms with Crippen LogP contribution in [0.3, 0.4) is 0 Å². The molecule has 2 aromatic carbocycles. The van der Waals surface area contributed by atoms with E-state index in [0.717, 1.165) is 76.5 Å². The lowest BCUT2D eigenvalue weighted by atomic mass is 9.74. The molecule has 0 amide bonds. The van der Waals surface area contributed by atoms with Crippen molar-refractivity contribution in [2.45, 2.75) is 70.3 Å². The van der Waals surface area contributed by atoms with Crippen molar-refractivity contribution in [1.82, 2.24) is 4.90 Å². The van der Waals surface area contributed by atoms with Crippen LogP contribution in [0.25, 0.3) is 0 Å². The Balaban J connectivity index is 1.21. The van der Waals surface area contributed by atoms with Gasteiger partial charge in [0.05, 0.1) is 19.6 Å². The van der Waals surface area contributed by atoms with Crippen LogP contribution >= 0.6 is 0 Å². The summed E-state index contributed by atoms with van der Waals surface area (Å²) in [6.07, 6.45) is 5.80. The highest BCUT2D eigenvalue weighted by Gasteiger charge is 2.43. The van der Waals surface area contributed by atoms with Crippen LogP contribution < -0.4 is 9.47 Å². The Hall–Kier alpha value is -2.53. The third-order valence-corrected chi connectivity index (χ3v) is 6.87. The number of esters is 1. The monoisotopic (exact) mass is 465 g/mol. The van der Waals surface area contributed by atoms with E-state index in [1.165, 1.54) is 11.1 Å². The molecular weight excluding hydrogens is 426 g/mol. The van der Waals surface area contributed by atoms with Gasteiger partial charge in [0, 0.05) is 23.6 Å². The summed E-state index contributed by atoms with van der Waals surface area (Å²) in [5.74, 6) is 1.75. The van der Waals surface area contributed by atoms with E-state index in [0.29, 0.717) is 6.42 Å². The van der Waals surface area contributed by atoms with Gasteiger partial charge in [-0.2, -0.15) is 0 Å². The molecule has 0 atom stereocenters. The Labute approximate surface area is 204 Å². The summed E-state index contributed by atoms with van der Waals surface area (Å²) < 4.78 is 17.6. The first-order valence-electron chi connectivity index (χ1n) is 12.7. The predicted octanol–water partition coefficient (Wildman–Crippen LogP) is 5.55. The summed E-state index contributed by atoms with van der Waals surface area (Å²) in [6.45, 7) is 9.92. The molecule has 1 fully saturated rings. The quantitative estimate of drug-likeness (QED) is 0.359. The topological polar surface area (TPSA) is 48.0 Å². The van der Waals surface area contributed by atoms with Gasteiger partial charge >= 0.3 is 5.97 Å². The van der Waals surface area contributed by atoms with Gasteiger partial charge in [-0.05, 0) is 77.6 Å². The molecule has 5 heteroatoms. The number of benzene rings is 2. The number of rotatable bonds is 9. The number of carbonyl (C=O) groups excluding carboxylic acids is 1. The molecule has 0 aromatic heterocycles. The first-order valence-corrected chi connectivity index (χ1v) is 12.7. The first kappa shape index (κ1) is 24.6. The fourth-order valence-electron chi connectivity index (χ4n) is 4.97. The smallest absolute Gasteiger partial charge is 0.307 e. The van der Waals surface area contributed by atoms with Crippen molar-refractivity contribution in [3.63, 3.8) is 0 Å². The van der Waals surface area contributed by atoms with Crippen molar-refractivity contribution in [2.24, 2.45) is 0 Å². The standard InChI is InChI=1S/C29H39NO4/c1-28(2,3)34-27(31)14-17-30-18-15-29(16-19-30)22-33-26-21-24(12-13-25(26)29)32-20-8-7-11-23-9-5-4-6-10-23/h4-6,9-10,12-13,21H,7-8,11,14-20,22H2,1-3H3. The van der Waals surface area contributed by atoms with E-state index in [1.54, 1.807) is 0 Å². The van der Waals surface area contributed by atoms with E-state index in [4.69, 9.17) is 14.2 Å². The molecule has 2 aliphatic heterocycles. The normalized spacial score (nSPS) is 17.3. The predicted molar refractivity (Wildman–Crippen MR) is 135 cm³/mol. The molecule has 0 unspecified atom stereocenters. The lowest BCUT2D eigenvalue weighted by Gasteiger charge is -2.38. The number of unbranched alkanes of at least 4 members (excludes halogenated alkanes) is 1. The zero-order valence-electron chi connectivity index (χ0n) is 21.0. The van der Waals surface area contributed by atoms with Crippen LogP contribution in [-0.4, -0.2) is 49.3 Å². The van der Waals surface area contributed by atoms with Crippen molar-refractivity contribution in [3.05, 3.63) is 59.7 Å². The number of ether oxygens (including phenoxy) is 3. The maximum atomic E-state index is 12.0. The highest BCUT2D eigenvalue weighted by molar-refractivity contribution is 5.70. The number of hydrogen-bond acceptors (Lipinski definition) is 5. The molecule has 34 heavy (non-hydrogen) atoms. The van der Waals surface area contributed by atoms with Gasteiger partial charge in [-0.15, -0.1) is 0 Å². The van der Waals surface area contributed by atoms with Crippen molar-refractivity contribution in [2.75, 3.05) is 32.8 Å². The first-order chi connectivity index (χ1) is 16.3. The maximum Gasteiger partial charge on any atom is 0.307 e. The molecule has 184 valence electrons. The summed E-state index contributed by atoms with van der Waals surface area (Å²) in [7, 11) is 0. The Morgan fingerprint density at radius 3 is 2.56 bits per heavy atom. The third-order valence-electron chi connectivity index (χ3n) is 6.87. The van der Waals surface area contributed by atoms with E-state index in [-0.39, 0.29) is 11.4 Å². The molecule has 2 aromatic rings. The SMILES string of the molecule is CC(C)(C)OC(=O)CCN1CCC2(CC1)COc1cc(OCCCCc3ccccc3)ccc12. The van der Waals surface area contributed by atoms with Gasteiger partial charge in [-0.3, -0.25) is 4.79 Å². The van der Waals surface area contributed by atoms with E-state index in [1.807, 2.05) is 20.8 Å². The Morgan fingerprint density at radius 2 is 1.82 bits per heavy atom. The zero-order chi connectivity index (χ0) is 24.0. The van der Waals surface area contributed by atoms with Crippen molar-refractivity contribution < 1.29 is 19.0 Å². The van der Waals surface area contributed by atoms with Crippen molar-refractivity contribution in [1.29, 1.82) is 0 Å². The number of likely N-dealkylation sites (tertiary alicyclic amines) is 1. The second-order valence-corrected chi connectivity index (χ2v) is 10.7. The highest BCUT2D eigenvalue weighted by atomic mass is 16.6. The molecule has 0 saturated carbocycles. The summed E-state index contributed by atoms with van der Waals surface area (Å²) in [4.78, 5) is 14.4. The number of nitrogens with zero attached hydrogens (tertiary/aromatic N) is 1. The van der Waals surface area contributed by atoms with E-state index < -0.39 is 5.60 Å². The molecular formula is C29H39NO4. The van der Waals surface area contributed by atoms with Gasteiger partial charge in [0.2, 0.25) is 0 Å². The zero-order valence-corrected chi connectivity index (χ0v) is 21.0. The number of carbonyl (C=O) groups is 1. The van der Waals surface area contributed by atoms with Gasteiger partial charge in [0.15, 0.2) is 0 Å². The lowest BCUT2D eigenvalue weighted by molar-refractivity contribution is -0.155. The summed E-state index contributed by atoms with van der Waals surface area (Å²) >= 11 is 0.